The van der Waals surface area contributed by atoms with Gasteiger partial charge in [0, 0.05) is 23.4 Å². The Bertz CT molecular complexity index is 808. The lowest BCUT2D eigenvalue weighted by atomic mass is 10.1. The van der Waals surface area contributed by atoms with Crippen LogP contribution in [0.3, 0.4) is 0 Å². The van der Waals surface area contributed by atoms with E-state index in [1.54, 1.807) is 37.3 Å². The smallest absolute Gasteiger partial charge is 0.255 e. The first kappa shape index (κ1) is 19.6. The number of hydrogen-bond acceptors (Lipinski definition) is 4. The van der Waals surface area contributed by atoms with Gasteiger partial charge in [-0.3, -0.25) is 9.59 Å². The fourth-order valence-corrected chi connectivity index (χ4v) is 2.53. The van der Waals surface area contributed by atoms with Crippen LogP contribution in [0.5, 0.6) is 11.5 Å². The van der Waals surface area contributed by atoms with Crippen LogP contribution >= 0.6 is 11.6 Å². The standard InChI is InChI=1S/C19H21ClN2O4/c1-4-17(23)21-13-7-6-8-14(11-13)22-19(24)12-9-15(20)18(26-5-2)16(10-12)25-3/h6-11H,4-5H2,1-3H3,(H,21,23)(H,22,24). The van der Waals surface area contributed by atoms with Crippen molar-refractivity contribution in [3.8, 4) is 11.5 Å². The second-order valence-electron chi connectivity index (χ2n) is 5.36. The molecule has 0 aliphatic rings. The highest BCUT2D eigenvalue weighted by atomic mass is 35.5. The van der Waals surface area contributed by atoms with E-state index in [4.69, 9.17) is 21.1 Å². The van der Waals surface area contributed by atoms with Crippen LogP contribution in [-0.2, 0) is 4.79 Å². The molecule has 138 valence electrons. The van der Waals surface area contributed by atoms with E-state index in [2.05, 4.69) is 10.6 Å². The molecule has 6 nitrogen and oxygen atoms in total. The molecule has 0 heterocycles. The van der Waals surface area contributed by atoms with Crippen LogP contribution in [0.25, 0.3) is 0 Å². The third-order valence-electron chi connectivity index (χ3n) is 3.51. The van der Waals surface area contributed by atoms with Gasteiger partial charge in [0.2, 0.25) is 5.91 Å². The number of methoxy groups -OCH3 is 1. The summed E-state index contributed by atoms with van der Waals surface area (Å²) in [5.74, 6) is 0.328. The van der Waals surface area contributed by atoms with E-state index in [9.17, 15) is 9.59 Å². The molecule has 0 aromatic heterocycles. The Labute approximate surface area is 157 Å². The Morgan fingerprint density at radius 1 is 1.08 bits per heavy atom. The van der Waals surface area contributed by atoms with Crippen LogP contribution in [0.2, 0.25) is 5.02 Å². The molecule has 0 bridgehead atoms. The molecule has 0 aliphatic heterocycles. The monoisotopic (exact) mass is 376 g/mol. The summed E-state index contributed by atoms with van der Waals surface area (Å²) in [5.41, 5.74) is 1.49. The molecule has 0 saturated carbocycles. The van der Waals surface area contributed by atoms with Gasteiger partial charge in [0.1, 0.15) is 0 Å². The normalized spacial score (nSPS) is 10.2. The maximum atomic E-state index is 12.5. The fraction of sp³-hybridized carbons (Fsp3) is 0.263. The van der Waals surface area contributed by atoms with Crippen molar-refractivity contribution in [2.75, 3.05) is 24.4 Å². The first-order chi connectivity index (χ1) is 12.5. The molecule has 0 aliphatic carbocycles. The van der Waals surface area contributed by atoms with Crippen LogP contribution in [-0.4, -0.2) is 25.5 Å². The molecule has 2 aromatic carbocycles. The lowest BCUT2D eigenvalue weighted by Crippen LogP contribution is -2.13. The second-order valence-corrected chi connectivity index (χ2v) is 5.77. The third-order valence-corrected chi connectivity index (χ3v) is 3.79. The van der Waals surface area contributed by atoms with E-state index in [0.29, 0.717) is 46.5 Å². The summed E-state index contributed by atoms with van der Waals surface area (Å²) >= 11 is 6.21. The maximum Gasteiger partial charge on any atom is 0.255 e. The molecule has 2 aromatic rings. The third kappa shape index (κ3) is 4.89. The van der Waals surface area contributed by atoms with Gasteiger partial charge >= 0.3 is 0 Å². The molecule has 7 heteroatoms. The van der Waals surface area contributed by atoms with Gasteiger partial charge in [0.25, 0.3) is 5.91 Å². The summed E-state index contributed by atoms with van der Waals surface area (Å²) in [4.78, 5) is 24.0. The molecule has 0 unspecified atom stereocenters. The summed E-state index contributed by atoms with van der Waals surface area (Å²) in [7, 11) is 1.48. The molecule has 0 spiro atoms. The van der Waals surface area contributed by atoms with Crippen LogP contribution in [0.1, 0.15) is 30.6 Å². The van der Waals surface area contributed by atoms with Gasteiger partial charge in [-0.05, 0) is 37.3 Å². The lowest BCUT2D eigenvalue weighted by molar-refractivity contribution is -0.115. The van der Waals surface area contributed by atoms with Crippen molar-refractivity contribution < 1.29 is 19.1 Å². The topological polar surface area (TPSA) is 76.7 Å². The van der Waals surface area contributed by atoms with Crippen molar-refractivity contribution in [3.63, 3.8) is 0 Å². The number of carbonyl (C=O) groups is 2. The van der Waals surface area contributed by atoms with Gasteiger partial charge in [-0.2, -0.15) is 0 Å². The number of nitrogens with one attached hydrogen (secondary N) is 2. The Kier molecular flexibility index (Phi) is 6.86. The average Bonchev–Trinajstić information content (AvgIpc) is 2.63. The summed E-state index contributed by atoms with van der Waals surface area (Å²) in [6.07, 6.45) is 0.376. The largest absolute Gasteiger partial charge is 0.493 e. The summed E-state index contributed by atoms with van der Waals surface area (Å²) in [6, 6.07) is 9.99. The minimum absolute atomic E-state index is 0.100. The first-order valence-electron chi connectivity index (χ1n) is 8.20. The van der Waals surface area contributed by atoms with Crippen LogP contribution < -0.4 is 20.1 Å². The lowest BCUT2D eigenvalue weighted by Gasteiger charge is -2.13. The molecule has 26 heavy (non-hydrogen) atoms. The minimum Gasteiger partial charge on any atom is -0.493 e. The molecule has 0 radical (unpaired) electrons. The molecule has 0 saturated heterocycles. The predicted molar refractivity (Wildman–Crippen MR) is 102 cm³/mol. The molecule has 2 amide bonds. The molecule has 2 N–H and O–H groups in total. The maximum absolute atomic E-state index is 12.5. The van der Waals surface area contributed by atoms with Crippen molar-refractivity contribution >= 4 is 34.8 Å². The Morgan fingerprint density at radius 3 is 2.38 bits per heavy atom. The Balaban J connectivity index is 2.21. The zero-order valence-corrected chi connectivity index (χ0v) is 15.6. The quantitative estimate of drug-likeness (QED) is 0.753. The summed E-state index contributed by atoms with van der Waals surface area (Å²) < 4.78 is 10.7. The van der Waals surface area contributed by atoms with Crippen molar-refractivity contribution in [2.45, 2.75) is 20.3 Å². The first-order valence-corrected chi connectivity index (χ1v) is 8.57. The number of amides is 2. The highest BCUT2D eigenvalue weighted by molar-refractivity contribution is 6.32. The van der Waals surface area contributed by atoms with Crippen LogP contribution in [0.15, 0.2) is 36.4 Å². The Hall–Kier alpha value is -2.73. The van der Waals surface area contributed by atoms with Gasteiger partial charge in [-0.15, -0.1) is 0 Å². The summed E-state index contributed by atoms with van der Waals surface area (Å²) in [5, 5.41) is 5.81. The number of carbonyl (C=O) groups excluding carboxylic acids is 2. The zero-order chi connectivity index (χ0) is 19.1. The van der Waals surface area contributed by atoms with Crippen molar-refractivity contribution in [1.82, 2.24) is 0 Å². The number of ether oxygens (including phenoxy) is 2. The van der Waals surface area contributed by atoms with Gasteiger partial charge in [-0.25, -0.2) is 0 Å². The van der Waals surface area contributed by atoms with E-state index in [-0.39, 0.29) is 11.8 Å². The van der Waals surface area contributed by atoms with Crippen molar-refractivity contribution in [3.05, 3.63) is 47.0 Å². The SMILES string of the molecule is CCOc1c(Cl)cc(C(=O)Nc2cccc(NC(=O)CC)c2)cc1OC. The average molecular weight is 377 g/mol. The predicted octanol–water partition coefficient (Wildman–Crippen LogP) is 4.35. The van der Waals surface area contributed by atoms with Crippen molar-refractivity contribution in [2.24, 2.45) is 0 Å². The summed E-state index contributed by atoms with van der Waals surface area (Å²) in [6.45, 7) is 4.03. The van der Waals surface area contributed by atoms with E-state index in [1.807, 2.05) is 6.92 Å². The van der Waals surface area contributed by atoms with E-state index in [1.165, 1.54) is 13.2 Å². The molecule has 0 atom stereocenters. The van der Waals surface area contributed by atoms with Crippen LogP contribution in [0.4, 0.5) is 11.4 Å². The van der Waals surface area contributed by atoms with E-state index >= 15 is 0 Å². The minimum atomic E-state index is -0.354. The molecular weight excluding hydrogens is 356 g/mol. The van der Waals surface area contributed by atoms with E-state index in [0.717, 1.165) is 0 Å². The number of anilines is 2. The van der Waals surface area contributed by atoms with Crippen LogP contribution in [0, 0.1) is 0 Å². The van der Waals surface area contributed by atoms with Gasteiger partial charge in [0.15, 0.2) is 11.5 Å². The number of halogens is 1. The molecule has 2 rings (SSSR count). The number of rotatable bonds is 7. The van der Waals surface area contributed by atoms with Gasteiger partial charge < -0.3 is 20.1 Å². The van der Waals surface area contributed by atoms with E-state index < -0.39 is 0 Å². The zero-order valence-electron chi connectivity index (χ0n) is 14.9. The number of hydrogen-bond donors (Lipinski definition) is 2. The number of benzene rings is 2. The molecule has 0 fully saturated rings. The van der Waals surface area contributed by atoms with Gasteiger partial charge in [0.05, 0.1) is 18.7 Å². The van der Waals surface area contributed by atoms with Gasteiger partial charge in [-0.1, -0.05) is 24.6 Å². The second kappa shape index (κ2) is 9.10. The highest BCUT2D eigenvalue weighted by Crippen LogP contribution is 2.36. The highest BCUT2D eigenvalue weighted by Gasteiger charge is 2.16. The molecular formula is C19H21ClN2O4. The van der Waals surface area contributed by atoms with Crippen molar-refractivity contribution in [1.29, 1.82) is 0 Å². The fourth-order valence-electron chi connectivity index (χ4n) is 2.26. The Morgan fingerprint density at radius 2 is 1.77 bits per heavy atom.